The molecule has 0 radical (unpaired) electrons. The molecule has 2 heterocycles. The number of nitrogens with one attached hydrogen (secondary N) is 2. The average molecular weight is 325 g/mol. The molecule has 1 aromatic rings. The van der Waals surface area contributed by atoms with Gasteiger partial charge in [0.25, 0.3) is 0 Å². The number of hydrogen-bond acceptors (Lipinski definition) is 6. The van der Waals surface area contributed by atoms with E-state index in [0.717, 1.165) is 6.42 Å². The van der Waals surface area contributed by atoms with E-state index >= 15 is 0 Å². The van der Waals surface area contributed by atoms with E-state index in [9.17, 15) is 8.42 Å². The minimum absolute atomic E-state index is 0.0824. The summed E-state index contributed by atoms with van der Waals surface area (Å²) in [5.41, 5.74) is 2.36. The predicted octanol–water partition coefficient (Wildman–Crippen LogP) is 1.66. The van der Waals surface area contributed by atoms with Gasteiger partial charge in [-0.3, -0.25) is 0 Å². The summed E-state index contributed by atoms with van der Waals surface area (Å²) in [7, 11) is -2.99. The van der Waals surface area contributed by atoms with Gasteiger partial charge in [-0.15, -0.1) is 0 Å². The zero-order valence-corrected chi connectivity index (χ0v) is 12.3. The molecule has 1 aliphatic heterocycles. The summed E-state index contributed by atoms with van der Waals surface area (Å²) in [5.74, 6) is 6.26. The summed E-state index contributed by atoms with van der Waals surface area (Å²) in [6.07, 6.45) is 1.39. The van der Waals surface area contributed by atoms with Crippen LogP contribution in [0.4, 0.5) is 11.6 Å². The van der Waals surface area contributed by atoms with E-state index in [1.165, 1.54) is 6.07 Å². The van der Waals surface area contributed by atoms with Crippen molar-refractivity contribution in [3.05, 3.63) is 16.1 Å². The largest absolute Gasteiger partial charge is 0.365 e. The first-order valence-electron chi connectivity index (χ1n) is 5.71. The van der Waals surface area contributed by atoms with Gasteiger partial charge in [-0.1, -0.05) is 23.2 Å². The number of aromatic nitrogens is 1. The third-order valence-electron chi connectivity index (χ3n) is 2.87. The molecule has 0 bridgehead atoms. The molecule has 6 nitrogen and oxygen atoms in total. The smallest absolute Gasteiger partial charge is 0.161 e. The van der Waals surface area contributed by atoms with Crippen molar-refractivity contribution >= 4 is 44.7 Å². The number of nitrogens with zero attached hydrogens (tertiary/aromatic N) is 1. The minimum atomic E-state index is -2.99. The predicted molar refractivity (Wildman–Crippen MR) is 77.4 cm³/mol. The lowest BCUT2D eigenvalue weighted by Crippen LogP contribution is -2.35. The molecule has 0 saturated carbocycles. The lowest BCUT2D eigenvalue weighted by molar-refractivity contribution is 0.561. The highest BCUT2D eigenvalue weighted by Gasteiger charge is 2.25. The van der Waals surface area contributed by atoms with Gasteiger partial charge in [-0.05, 0) is 18.9 Å². The van der Waals surface area contributed by atoms with Crippen molar-refractivity contribution < 1.29 is 8.42 Å². The lowest BCUT2D eigenvalue weighted by atomic mass is 10.2. The van der Waals surface area contributed by atoms with Gasteiger partial charge in [-0.25, -0.2) is 19.2 Å². The fourth-order valence-electron chi connectivity index (χ4n) is 2.00. The van der Waals surface area contributed by atoms with Crippen LogP contribution in [-0.4, -0.2) is 30.9 Å². The number of rotatable bonds is 3. The molecule has 106 valence electrons. The van der Waals surface area contributed by atoms with Crippen LogP contribution in [-0.2, 0) is 9.84 Å². The molecule has 1 atom stereocenters. The standard InChI is InChI=1S/C10H14Cl2N4O2S/c11-7-4-8(12)10(16-13)15-9(7)14-6-2-1-3-19(17,18)5-6/h4,6H,1-3,5,13H2,(H2,14,15,16). The van der Waals surface area contributed by atoms with E-state index in [1.54, 1.807) is 0 Å². The van der Waals surface area contributed by atoms with Gasteiger partial charge in [0.2, 0.25) is 0 Å². The van der Waals surface area contributed by atoms with E-state index < -0.39 is 9.84 Å². The number of hydrazine groups is 1. The molecule has 0 aromatic carbocycles. The fraction of sp³-hybridized carbons (Fsp3) is 0.500. The van der Waals surface area contributed by atoms with Crippen LogP contribution >= 0.6 is 23.2 Å². The van der Waals surface area contributed by atoms with Crippen molar-refractivity contribution in [3.8, 4) is 0 Å². The third-order valence-corrected chi connectivity index (χ3v) is 5.27. The van der Waals surface area contributed by atoms with Gasteiger partial charge in [-0.2, -0.15) is 0 Å². The van der Waals surface area contributed by atoms with Crippen LogP contribution in [0.1, 0.15) is 12.8 Å². The molecule has 1 fully saturated rings. The normalized spacial score (nSPS) is 21.9. The number of sulfone groups is 1. The monoisotopic (exact) mass is 324 g/mol. The van der Waals surface area contributed by atoms with Gasteiger partial charge in [0.1, 0.15) is 5.82 Å². The first-order valence-corrected chi connectivity index (χ1v) is 8.28. The lowest BCUT2D eigenvalue weighted by Gasteiger charge is -2.24. The van der Waals surface area contributed by atoms with E-state index in [2.05, 4.69) is 15.7 Å². The Labute approximate surface area is 121 Å². The Balaban J connectivity index is 2.19. The van der Waals surface area contributed by atoms with Crippen molar-refractivity contribution in [2.24, 2.45) is 5.84 Å². The van der Waals surface area contributed by atoms with Crippen LogP contribution < -0.4 is 16.6 Å². The van der Waals surface area contributed by atoms with Crippen LogP contribution in [0.15, 0.2) is 6.07 Å². The van der Waals surface area contributed by atoms with Crippen LogP contribution in [0.25, 0.3) is 0 Å². The Hall–Kier alpha value is -0.760. The summed E-state index contributed by atoms with van der Waals surface area (Å²) in [6, 6.07) is 1.31. The SMILES string of the molecule is NNc1nc(NC2CCCS(=O)(=O)C2)c(Cl)cc1Cl. The Morgan fingerprint density at radius 3 is 2.63 bits per heavy atom. The first-order chi connectivity index (χ1) is 8.91. The van der Waals surface area contributed by atoms with E-state index in [1.807, 2.05) is 0 Å². The van der Waals surface area contributed by atoms with Gasteiger partial charge < -0.3 is 10.7 Å². The second kappa shape index (κ2) is 5.70. The quantitative estimate of drug-likeness (QED) is 0.578. The first kappa shape index (κ1) is 14.6. The highest BCUT2D eigenvalue weighted by Crippen LogP contribution is 2.30. The van der Waals surface area contributed by atoms with Gasteiger partial charge in [0.05, 0.1) is 21.6 Å². The van der Waals surface area contributed by atoms with Crippen molar-refractivity contribution in [1.82, 2.24) is 4.98 Å². The molecule has 19 heavy (non-hydrogen) atoms. The number of nitrogen functional groups attached to an aromatic ring is 1. The summed E-state index contributed by atoms with van der Waals surface area (Å²) >= 11 is 11.9. The Bertz CT molecular complexity index is 579. The van der Waals surface area contributed by atoms with Crippen LogP contribution in [0.2, 0.25) is 10.0 Å². The highest BCUT2D eigenvalue weighted by atomic mass is 35.5. The molecule has 1 aromatic heterocycles. The maximum atomic E-state index is 11.6. The van der Waals surface area contributed by atoms with Crippen molar-refractivity contribution in [3.63, 3.8) is 0 Å². The number of pyridine rings is 1. The number of halogens is 2. The molecule has 0 aliphatic carbocycles. The number of nitrogens with two attached hydrogens (primary N) is 1. The molecule has 2 rings (SSSR count). The van der Waals surface area contributed by atoms with E-state index in [-0.39, 0.29) is 23.4 Å². The topological polar surface area (TPSA) is 97.1 Å². The summed E-state index contributed by atoms with van der Waals surface area (Å²) in [6.45, 7) is 0. The van der Waals surface area contributed by atoms with Crippen molar-refractivity contribution in [2.75, 3.05) is 22.2 Å². The summed E-state index contributed by atoms with van der Waals surface area (Å²) in [4.78, 5) is 4.13. The van der Waals surface area contributed by atoms with E-state index in [4.69, 9.17) is 29.0 Å². The Morgan fingerprint density at radius 2 is 2.00 bits per heavy atom. The molecule has 1 saturated heterocycles. The maximum absolute atomic E-state index is 11.6. The molecule has 0 spiro atoms. The maximum Gasteiger partial charge on any atom is 0.161 e. The highest BCUT2D eigenvalue weighted by molar-refractivity contribution is 7.91. The molecule has 1 aliphatic rings. The average Bonchev–Trinajstić information content (AvgIpc) is 2.31. The van der Waals surface area contributed by atoms with Gasteiger partial charge in [0.15, 0.2) is 15.7 Å². The molecular formula is C10H14Cl2N4O2S. The Morgan fingerprint density at radius 1 is 1.32 bits per heavy atom. The summed E-state index contributed by atoms with van der Waals surface area (Å²) < 4.78 is 23.1. The van der Waals surface area contributed by atoms with Gasteiger partial charge in [0, 0.05) is 6.04 Å². The number of hydrogen-bond donors (Lipinski definition) is 3. The molecule has 0 amide bonds. The van der Waals surface area contributed by atoms with Crippen LogP contribution in [0, 0.1) is 0 Å². The number of anilines is 2. The second-order valence-corrected chi connectivity index (χ2v) is 7.43. The molecule has 9 heteroatoms. The zero-order valence-electron chi connectivity index (χ0n) is 9.99. The molecule has 4 N–H and O–H groups in total. The van der Waals surface area contributed by atoms with Crippen molar-refractivity contribution in [2.45, 2.75) is 18.9 Å². The minimum Gasteiger partial charge on any atom is -0.365 e. The van der Waals surface area contributed by atoms with Crippen molar-refractivity contribution in [1.29, 1.82) is 0 Å². The van der Waals surface area contributed by atoms with Crippen LogP contribution in [0.3, 0.4) is 0 Å². The Kier molecular flexibility index (Phi) is 4.39. The second-order valence-electron chi connectivity index (χ2n) is 4.39. The van der Waals surface area contributed by atoms with Gasteiger partial charge >= 0.3 is 0 Å². The van der Waals surface area contributed by atoms with Crippen LogP contribution in [0.5, 0.6) is 0 Å². The third kappa shape index (κ3) is 3.62. The fourth-order valence-corrected chi connectivity index (χ4v) is 4.10. The zero-order chi connectivity index (χ0) is 14.0. The van der Waals surface area contributed by atoms with E-state index in [0.29, 0.717) is 22.3 Å². The summed E-state index contributed by atoms with van der Waals surface area (Å²) in [5, 5.41) is 3.66. The molecule has 1 unspecified atom stereocenters. The molecular weight excluding hydrogens is 311 g/mol.